The lowest BCUT2D eigenvalue weighted by molar-refractivity contribution is -0.920. The highest BCUT2D eigenvalue weighted by Gasteiger charge is 2.13. The quantitative estimate of drug-likeness (QED) is 0.532. The van der Waals surface area contributed by atoms with Crippen molar-refractivity contribution in [2.24, 2.45) is 0 Å². The van der Waals surface area contributed by atoms with Crippen molar-refractivity contribution in [3.05, 3.63) is 29.8 Å². The molecule has 1 aromatic rings. The van der Waals surface area contributed by atoms with Crippen molar-refractivity contribution in [1.82, 2.24) is 0 Å². The Morgan fingerprint density at radius 3 is 2.61 bits per heavy atom. The second-order valence-electron chi connectivity index (χ2n) is 4.74. The minimum Gasteiger partial charge on any atom is -0.370 e. The van der Waals surface area contributed by atoms with Gasteiger partial charge in [-0.05, 0) is 18.4 Å². The van der Waals surface area contributed by atoms with Gasteiger partial charge in [-0.2, -0.15) is 0 Å². The summed E-state index contributed by atoms with van der Waals surface area (Å²) in [6.45, 7) is 7.79. The molecule has 4 heteroatoms. The molecule has 0 spiro atoms. The van der Waals surface area contributed by atoms with E-state index in [0.29, 0.717) is 0 Å². The highest BCUT2D eigenvalue weighted by molar-refractivity contribution is 7.98. The zero-order valence-corrected chi connectivity index (χ0v) is 12.0. The van der Waals surface area contributed by atoms with Crippen LogP contribution in [0.1, 0.15) is 5.56 Å². The molecule has 0 amide bonds. The second kappa shape index (κ2) is 7.79. The van der Waals surface area contributed by atoms with Crippen LogP contribution in [0.3, 0.4) is 0 Å². The molecule has 0 radical (unpaired) electrons. The molecule has 0 aromatic heterocycles. The maximum atomic E-state index is 5.36. The first kappa shape index (κ1) is 13.9. The molecule has 0 atom stereocenters. The molecule has 1 heterocycles. The summed E-state index contributed by atoms with van der Waals surface area (Å²) in [5, 5.41) is 2.41. The van der Waals surface area contributed by atoms with Gasteiger partial charge in [0.15, 0.2) is 0 Å². The van der Waals surface area contributed by atoms with Gasteiger partial charge in [-0.15, -0.1) is 11.8 Å². The zero-order chi connectivity index (χ0) is 12.6. The van der Waals surface area contributed by atoms with Gasteiger partial charge in [0.05, 0.1) is 13.2 Å². The molecule has 100 valence electrons. The highest BCUT2D eigenvalue weighted by atomic mass is 32.2. The molecule has 3 N–H and O–H groups in total. The monoisotopic (exact) mass is 268 g/mol. The second-order valence-corrected chi connectivity index (χ2v) is 5.62. The van der Waals surface area contributed by atoms with E-state index in [1.54, 1.807) is 16.7 Å². The third kappa shape index (κ3) is 4.61. The van der Waals surface area contributed by atoms with Crippen LogP contribution in [0.5, 0.6) is 0 Å². The van der Waals surface area contributed by atoms with E-state index in [9.17, 15) is 0 Å². The van der Waals surface area contributed by atoms with Gasteiger partial charge in [-0.1, -0.05) is 12.1 Å². The molecule has 0 aliphatic carbocycles. The van der Waals surface area contributed by atoms with Crippen LogP contribution in [-0.4, -0.2) is 45.6 Å². The number of nitrogens with two attached hydrogens (primary N) is 1. The summed E-state index contributed by atoms with van der Waals surface area (Å²) < 4.78 is 5.36. The van der Waals surface area contributed by atoms with Crippen LogP contribution < -0.4 is 10.2 Å². The average Bonchev–Trinajstić information content (AvgIpc) is 2.45. The van der Waals surface area contributed by atoms with Crippen LogP contribution in [0, 0.1) is 0 Å². The molecule has 0 saturated carbocycles. The van der Waals surface area contributed by atoms with E-state index in [1.165, 1.54) is 36.6 Å². The summed E-state index contributed by atoms with van der Waals surface area (Å²) in [7, 11) is 0. The van der Waals surface area contributed by atoms with Crippen molar-refractivity contribution >= 4 is 11.8 Å². The SMILES string of the molecule is CSc1ccc(C[NH2+]CC[NH+]2CCOCC2)cc1. The van der Waals surface area contributed by atoms with Crippen molar-refractivity contribution in [3.63, 3.8) is 0 Å². The molecule has 1 aliphatic rings. The van der Waals surface area contributed by atoms with Crippen molar-refractivity contribution in [2.75, 3.05) is 45.6 Å². The molecular formula is C14H24N2OS+2. The third-order valence-electron chi connectivity index (χ3n) is 3.44. The molecule has 1 fully saturated rings. The van der Waals surface area contributed by atoms with Crippen LogP contribution in [0.25, 0.3) is 0 Å². The van der Waals surface area contributed by atoms with Gasteiger partial charge in [0, 0.05) is 10.5 Å². The Morgan fingerprint density at radius 1 is 1.22 bits per heavy atom. The molecule has 3 nitrogen and oxygen atoms in total. The van der Waals surface area contributed by atoms with Crippen molar-refractivity contribution < 1.29 is 15.0 Å². The number of morpholine rings is 1. The van der Waals surface area contributed by atoms with E-state index in [1.807, 2.05) is 0 Å². The van der Waals surface area contributed by atoms with Crippen LogP contribution >= 0.6 is 11.8 Å². The normalized spacial score (nSPS) is 16.9. The number of rotatable bonds is 6. The Kier molecular flexibility index (Phi) is 6.00. The molecule has 0 unspecified atom stereocenters. The zero-order valence-electron chi connectivity index (χ0n) is 11.2. The standard InChI is InChI=1S/C14H22N2OS/c1-18-14-4-2-13(3-5-14)12-15-6-7-16-8-10-17-11-9-16/h2-5,15H,6-12H2,1H3/p+2. The fourth-order valence-electron chi connectivity index (χ4n) is 2.25. The van der Waals surface area contributed by atoms with Gasteiger partial charge in [-0.3, -0.25) is 0 Å². The van der Waals surface area contributed by atoms with E-state index >= 15 is 0 Å². The van der Waals surface area contributed by atoms with Gasteiger partial charge in [-0.25, -0.2) is 0 Å². The van der Waals surface area contributed by atoms with E-state index in [0.717, 1.165) is 19.8 Å². The summed E-state index contributed by atoms with van der Waals surface area (Å²) in [5.74, 6) is 0. The Bertz CT molecular complexity index is 336. The first-order valence-electron chi connectivity index (χ1n) is 6.74. The maximum absolute atomic E-state index is 5.36. The lowest BCUT2D eigenvalue weighted by Gasteiger charge is -2.22. The molecular weight excluding hydrogens is 244 g/mol. The minimum absolute atomic E-state index is 0.936. The molecule has 0 bridgehead atoms. The van der Waals surface area contributed by atoms with Crippen LogP contribution in [0.15, 0.2) is 29.2 Å². The average molecular weight is 268 g/mol. The fourth-order valence-corrected chi connectivity index (χ4v) is 2.65. The first-order valence-corrected chi connectivity index (χ1v) is 7.97. The smallest absolute Gasteiger partial charge is 0.127 e. The number of hydrogen-bond acceptors (Lipinski definition) is 2. The largest absolute Gasteiger partial charge is 0.370 e. The van der Waals surface area contributed by atoms with Gasteiger partial charge in [0.1, 0.15) is 32.7 Å². The molecule has 1 saturated heterocycles. The van der Waals surface area contributed by atoms with Gasteiger partial charge < -0.3 is 15.0 Å². The van der Waals surface area contributed by atoms with E-state index in [-0.39, 0.29) is 0 Å². The van der Waals surface area contributed by atoms with E-state index < -0.39 is 0 Å². The number of ether oxygens (including phenoxy) is 1. The number of thioether (sulfide) groups is 1. The molecule has 1 aromatic carbocycles. The van der Waals surface area contributed by atoms with Crippen molar-refractivity contribution in [3.8, 4) is 0 Å². The Balaban J connectivity index is 1.62. The van der Waals surface area contributed by atoms with E-state index in [4.69, 9.17) is 4.74 Å². The molecule has 1 aliphatic heterocycles. The summed E-state index contributed by atoms with van der Waals surface area (Å²) in [6.07, 6.45) is 2.12. The lowest BCUT2D eigenvalue weighted by atomic mass is 10.2. The van der Waals surface area contributed by atoms with Crippen molar-refractivity contribution in [1.29, 1.82) is 0 Å². The number of quaternary nitrogens is 2. The highest BCUT2D eigenvalue weighted by Crippen LogP contribution is 2.14. The van der Waals surface area contributed by atoms with Crippen LogP contribution in [0.4, 0.5) is 0 Å². The molecule has 18 heavy (non-hydrogen) atoms. The number of hydrogen-bond donors (Lipinski definition) is 2. The summed E-state index contributed by atoms with van der Waals surface area (Å²) in [4.78, 5) is 3.03. The summed E-state index contributed by atoms with van der Waals surface area (Å²) in [6, 6.07) is 8.90. The van der Waals surface area contributed by atoms with Crippen LogP contribution in [0.2, 0.25) is 0 Å². The topological polar surface area (TPSA) is 30.3 Å². The lowest BCUT2D eigenvalue weighted by Crippen LogP contribution is -3.16. The van der Waals surface area contributed by atoms with Gasteiger partial charge in [0.25, 0.3) is 0 Å². The van der Waals surface area contributed by atoms with Crippen molar-refractivity contribution in [2.45, 2.75) is 11.4 Å². The minimum atomic E-state index is 0.936. The Labute approximate surface area is 114 Å². The predicted molar refractivity (Wildman–Crippen MR) is 75.1 cm³/mol. The predicted octanol–water partition coefficient (Wildman–Crippen LogP) is -0.613. The third-order valence-corrected chi connectivity index (χ3v) is 4.18. The van der Waals surface area contributed by atoms with E-state index in [2.05, 4.69) is 35.8 Å². The summed E-state index contributed by atoms with van der Waals surface area (Å²) in [5.41, 5.74) is 1.42. The fraction of sp³-hybridized carbons (Fsp3) is 0.571. The molecule has 2 rings (SSSR count). The van der Waals surface area contributed by atoms with Gasteiger partial charge >= 0.3 is 0 Å². The first-order chi connectivity index (χ1) is 8.88. The summed E-state index contributed by atoms with van der Waals surface area (Å²) >= 11 is 1.80. The Hall–Kier alpha value is -0.550. The number of nitrogens with one attached hydrogen (secondary N) is 1. The van der Waals surface area contributed by atoms with Gasteiger partial charge in [0.2, 0.25) is 0 Å². The maximum Gasteiger partial charge on any atom is 0.127 e. The Morgan fingerprint density at radius 2 is 1.94 bits per heavy atom. The number of benzene rings is 1. The van der Waals surface area contributed by atoms with Crippen LogP contribution in [-0.2, 0) is 11.3 Å².